The Hall–Kier alpha value is -1.28. The summed E-state index contributed by atoms with van der Waals surface area (Å²) in [5.74, 6) is -0.862. The lowest BCUT2D eigenvalue weighted by Gasteiger charge is -2.07. The van der Waals surface area contributed by atoms with Crippen molar-refractivity contribution in [3.05, 3.63) is 12.2 Å². The molecule has 1 N–H and O–H groups in total. The van der Waals surface area contributed by atoms with Crippen molar-refractivity contribution in [3.8, 4) is 0 Å². The van der Waals surface area contributed by atoms with Gasteiger partial charge in [-0.3, -0.25) is 9.79 Å². The Morgan fingerprint density at radius 3 is 1.73 bits per heavy atom. The van der Waals surface area contributed by atoms with Gasteiger partial charge in [0.1, 0.15) is 0 Å². The fraction of sp³-hybridized carbons (Fsp3) is 0.733. The maximum Gasteiger partial charge on any atom is 0.305 e. The van der Waals surface area contributed by atoms with Crippen molar-refractivity contribution in [1.29, 1.82) is 0 Å². The lowest BCUT2D eigenvalue weighted by molar-refractivity contribution is -0.138. The van der Waals surface area contributed by atoms with Crippen LogP contribution >= 0.6 is 0 Å². The zero-order valence-electron chi connectivity index (χ0n) is 13.3. The van der Waals surface area contributed by atoms with E-state index in [2.05, 4.69) is 11.6 Å². The molecule has 0 saturated heterocycles. The SMILES string of the molecule is C=C(C=NC)CCOCCOCCOCCOCCC(=O)O. The van der Waals surface area contributed by atoms with Gasteiger partial charge in [0.05, 0.1) is 59.3 Å². The number of aliphatic carboxylic acids is 1. The third-order valence-corrected chi connectivity index (χ3v) is 2.46. The van der Waals surface area contributed by atoms with Crippen LogP contribution in [-0.4, -0.2) is 77.2 Å². The zero-order valence-corrected chi connectivity index (χ0v) is 13.3. The van der Waals surface area contributed by atoms with E-state index in [-0.39, 0.29) is 13.0 Å². The van der Waals surface area contributed by atoms with E-state index in [1.807, 2.05) is 0 Å². The molecule has 0 aromatic rings. The van der Waals surface area contributed by atoms with Crippen molar-refractivity contribution in [2.24, 2.45) is 4.99 Å². The molecule has 0 aliphatic carbocycles. The second-order valence-corrected chi connectivity index (χ2v) is 4.39. The normalized spacial score (nSPS) is 11.1. The summed E-state index contributed by atoms with van der Waals surface area (Å²) < 4.78 is 21.0. The average molecular weight is 317 g/mol. The number of rotatable bonds is 16. The third-order valence-electron chi connectivity index (χ3n) is 2.46. The van der Waals surface area contributed by atoms with E-state index in [0.29, 0.717) is 46.2 Å². The molecule has 0 amide bonds. The van der Waals surface area contributed by atoms with Crippen LogP contribution in [0, 0.1) is 0 Å². The molecule has 0 atom stereocenters. The third kappa shape index (κ3) is 16.8. The van der Waals surface area contributed by atoms with Crippen LogP contribution in [0.3, 0.4) is 0 Å². The molecule has 7 heteroatoms. The van der Waals surface area contributed by atoms with E-state index in [9.17, 15) is 4.79 Å². The maximum atomic E-state index is 10.2. The first kappa shape index (κ1) is 20.7. The van der Waals surface area contributed by atoms with Gasteiger partial charge in [-0.2, -0.15) is 0 Å². The van der Waals surface area contributed by atoms with E-state index < -0.39 is 5.97 Å². The summed E-state index contributed by atoms with van der Waals surface area (Å²) in [6, 6.07) is 0. The predicted molar refractivity (Wildman–Crippen MR) is 83.7 cm³/mol. The van der Waals surface area contributed by atoms with E-state index in [0.717, 1.165) is 12.0 Å². The molecular weight excluding hydrogens is 290 g/mol. The van der Waals surface area contributed by atoms with Crippen molar-refractivity contribution in [2.45, 2.75) is 12.8 Å². The molecule has 0 saturated carbocycles. The fourth-order valence-corrected chi connectivity index (χ4v) is 1.37. The van der Waals surface area contributed by atoms with Gasteiger partial charge in [-0.05, 0) is 12.0 Å². The van der Waals surface area contributed by atoms with Crippen LogP contribution in [0.15, 0.2) is 17.1 Å². The highest BCUT2D eigenvalue weighted by Crippen LogP contribution is 1.94. The minimum atomic E-state index is -0.862. The first-order valence-corrected chi connectivity index (χ1v) is 7.29. The largest absolute Gasteiger partial charge is 0.481 e. The number of carboxylic acids is 1. The minimum Gasteiger partial charge on any atom is -0.481 e. The predicted octanol–water partition coefficient (Wildman–Crippen LogP) is 1.17. The molecule has 7 nitrogen and oxygen atoms in total. The summed E-state index contributed by atoms with van der Waals surface area (Å²) in [6.45, 7) is 7.50. The molecule has 22 heavy (non-hydrogen) atoms. The maximum absolute atomic E-state index is 10.2. The quantitative estimate of drug-likeness (QED) is 0.340. The number of hydrogen-bond acceptors (Lipinski definition) is 6. The van der Waals surface area contributed by atoms with E-state index >= 15 is 0 Å². The van der Waals surface area contributed by atoms with Gasteiger partial charge < -0.3 is 24.1 Å². The molecule has 0 aromatic heterocycles. The molecule has 0 spiro atoms. The van der Waals surface area contributed by atoms with Gasteiger partial charge in [0.2, 0.25) is 0 Å². The molecule has 0 unspecified atom stereocenters. The number of nitrogens with zero attached hydrogens (tertiary/aromatic N) is 1. The van der Waals surface area contributed by atoms with Crippen molar-refractivity contribution in [2.75, 3.05) is 59.9 Å². The number of carboxylic acid groups (broad SMARTS) is 1. The standard InChI is InChI=1S/C15H27NO6/c1-14(13-16-2)3-5-19-7-9-21-11-12-22-10-8-20-6-4-15(17)18/h13H,1,3-12H2,2H3,(H,17,18). The Balaban J connectivity index is 3.08. The number of carbonyl (C=O) groups is 1. The summed E-state index contributed by atoms with van der Waals surface area (Å²) in [4.78, 5) is 14.1. The van der Waals surface area contributed by atoms with Gasteiger partial charge in [-0.15, -0.1) is 0 Å². The molecule has 128 valence electrons. The second kappa shape index (κ2) is 16.1. The van der Waals surface area contributed by atoms with Gasteiger partial charge >= 0.3 is 5.97 Å². The molecule has 0 radical (unpaired) electrons. The van der Waals surface area contributed by atoms with Gasteiger partial charge in [-0.1, -0.05) is 6.58 Å². The number of ether oxygens (including phenoxy) is 4. The van der Waals surface area contributed by atoms with Crippen molar-refractivity contribution >= 4 is 12.2 Å². The van der Waals surface area contributed by atoms with Crippen LogP contribution in [-0.2, 0) is 23.7 Å². The van der Waals surface area contributed by atoms with E-state index in [1.165, 1.54) is 0 Å². The average Bonchev–Trinajstić information content (AvgIpc) is 2.47. The van der Waals surface area contributed by atoms with Crippen molar-refractivity contribution < 1.29 is 28.8 Å². The smallest absolute Gasteiger partial charge is 0.305 e. The molecule has 0 fully saturated rings. The Morgan fingerprint density at radius 2 is 1.32 bits per heavy atom. The molecule has 0 heterocycles. The summed E-state index contributed by atoms with van der Waals surface area (Å²) in [5, 5.41) is 8.39. The highest BCUT2D eigenvalue weighted by Gasteiger charge is 1.96. The summed E-state index contributed by atoms with van der Waals surface area (Å²) in [7, 11) is 1.71. The Bertz CT molecular complexity index is 319. The topological polar surface area (TPSA) is 86.6 Å². The molecule has 0 bridgehead atoms. The lowest BCUT2D eigenvalue weighted by Crippen LogP contribution is -2.13. The summed E-state index contributed by atoms with van der Waals surface area (Å²) >= 11 is 0. The highest BCUT2D eigenvalue weighted by molar-refractivity contribution is 5.77. The number of hydrogen-bond donors (Lipinski definition) is 1. The highest BCUT2D eigenvalue weighted by atomic mass is 16.6. The summed E-state index contributed by atoms with van der Waals surface area (Å²) in [5.41, 5.74) is 0.947. The fourth-order valence-electron chi connectivity index (χ4n) is 1.37. The van der Waals surface area contributed by atoms with Gasteiger partial charge in [0, 0.05) is 13.3 Å². The Kier molecular flexibility index (Phi) is 15.2. The number of aliphatic imine (C=N–C) groups is 1. The Morgan fingerprint density at radius 1 is 0.909 bits per heavy atom. The minimum absolute atomic E-state index is 0.0156. The molecule has 0 aromatic carbocycles. The van der Waals surface area contributed by atoms with Crippen LogP contribution in [0.2, 0.25) is 0 Å². The van der Waals surface area contributed by atoms with Crippen LogP contribution in [0.4, 0.5) is 0 Å². The van der Waals surface area contributed by atoms with Crippen molar-refractivity contribution in [3.63, 3.8) is 0 Å². The van der Waals surface area contributed by atoms with Crippen LogP contribution in [0.1, 0.15) is 12.8 Å². The Labute approximate surface area is 131 Å². The molecular formula is C15H27NO6. The molecule has 0 rings (SSSR count). The first-order chi connectivity index (χ1) is 10.7. The first-order valence-electron chi connectivity index (χ1n) is 7.29. The van der Waals surface area contributed by atoms with Crippen LogP contribution in [0.25, 0.3) is 0 Å². The summed E-state index contributed by atoms with van der Waals surface area (Å²) in [6.07, 6.45) is 2.51. The molecule has 0 aliphatic rings. The van der Waals surface area contributed by atoms with E-state index in [1.54, 1.807) is 13.3 Å². The van der Waals surface area contributed by atoms with Crippen LogP contribution < -0.4 is 0 Å². The van der Waals surface area contributed by atoms with Gasteiger partial charge in [0.25, 0.3) is 0 Å². The lowest BCUT2D eigenvalue weighted by atomic mass is 10.2. The van der Waals surface area contributed by atoms with Crippen molar-refractivity contribution in [1.82, 2.24) is 0 Å². The zero-order chi connectivity index (χ0) is 16.5. The molecule has 0 aliphatic heterocycles. The van der Waals surface area contributed by atoms with E-state index in [4.69, 9.17) is 24.1 Å². The van der Waals surface area contributed by atoms with Crippen LogP contribution in [0.5, 0.6) is 0 Å². The van der Waals surface area contributed by atoms with Gasteiger partial charge in [0.15, 0.2) is 0 Å². The van der Waals surface area contributed by atoms with Gasteiger partial charge in [-0.25, -0.2) is 0 Å². The monoisotopic (exact) mass is 317 g/mol. The second-order valence-electron chi connectivity index (χ2n) is 4.39.